The third kappa shape index (κ3) is 3.81. The number of likely N-dealkylation sites (N-methyl/N-ethyl adjacent to an activating group) is 2. The molecule has 0 saturated carbocycles. The topological polar surface area (TPSA) is 53.5 Å². The van der Waals surface area contributed by atoms with E-state index in [1.165, 1.54) is 9.80 Å². The van der Waals surface area contributed by atoms with Gasteiger partial charge in [-0.15, -0.1) is 0 Å². The van der Waals surface area contributed by atoms with Gasteiger partial charge in [0, 0.05) is 31.8 Å². The highest BCUT2D eigenvalue weighted by Gasteiger charge is 2.16. The van der Waals surface area contributed by atoms with Crippen molar-refractivity contribution in [2.24, 2.45) is 0 Å². The Labute approximate surface area is 109 Å². The van der Waals surface area contributed by atoms with Crippen LogP contribution in [0.3, 0.4) is 0 Å². The second-order valence-corrected chi connectivity index (χ2v) is 4.73. The fraction of sp³-hybridized carbons (Fsp3) is 0.364. The number of rotatable bonds is 3. The second-order valence-electron chi connectivity index (χ2n) is 3.81. The summed E-state index contributed by atoms with van der Waals surface area (Å²) >= 11 is 3.24. The van der Waals surface area contributed by atoms with Crippen LogP contribution in [0.1, 0.15) is 10.5 Å². The van der Waals surface area contributed by atoms with Crippen LogP contribution in [-0.2, 0) is 4.79 Å². The standard InChI is InChI=1S/C11H14BrN3O2/c1-14(2)10(16)7-15(3)11(17)9-5-4-8(12)6-13-9/h4-6H,7H2,1-3H3. The highest BCUT2D eigenvalue weighted by Crippen LogP contribution is 2.08. The molecule has 0 N–H and O–H groups in total. The highest BCUT2D eigenvalue weighted by molar-refractivity contribution is 9.10. The van der Waals surface area contributed by atoms with Crippen molar-refractivity contribution in [3.05, 3.63) is 28.5 Å². The molecule has 0 radical (unpaired) electrons. The lowest BCUT2D eigenvalue weighted by Gasteiger charge is -2.18. The van der Waals surface area contributed by atoms with E-state index in [-0.39, 0.29) is 18.4 Å². The van der Waals surface area contributed by atoms with Gasteiger partial charge in [0.15, 0.2) is 0 Å². The second kappa shape index (κ2) is 5.77. The van der Waals surface area contributed by atoms with Crippen molar-refractivity contribution in [2.45, 2.75) is 0 Å². The molecule has 0 unspecified atom stereocenters. The van der Waals surface area contributed by atoms with Crippen molar-refractivity contribution < 1.29 is 9.59 Å². The molecule has 1 heterocycles. The van der Waals surface area contributed by atoms with Gasteiger partial charge < -0.3 is 9.80 Å². The first kappa shape index (κ1) is 13.6. The van der Waals surface area contributed by atoms with Gasteiger partial charge >= 0.3 is 0 Å². The van der Waals surface area contributed by atoms with Gasteiger partial charge in [-0.2, -0.15) is 0 Å². The number of hydrogen-bond acceptors (Lipinski definition) is 3. The lowest BCUT2D eigenvalue weighted by atomic mass is 10.3. The van der Waals surface area contributed by atoms with Crippen molar-refractivity contribution in [3.63, 3.8) is 0 Å². The third-order valence-electron chi connectivity index (χ3n) is 2.16. The van der Waals surface area contributed by atoms with Gasteiger partial charge in [0.2, 0.25) is 5.91 Å². The molecule has 0 atom stereocenters. The molecule has 0 bridgehead atoms. The minimum absolute atomic E-state index is 0.0452. The van der Waals surface area contributed by atoms with Crippen molar-refractivity contribution in [1.82, 2.24) is 14.8 Å². The number of nitrogens with zero attached hydrogens (tertiary/aromatic N) is 3. The zero-order chi connectivity index (χ0) is 13.0. The smallest absolute Gasteiger partial charge is 0.272 e. The van der Waals surface area contributed by atoms with Gasteiger partial charge in [-0.05, 0) is 28.1 Å². The minimum atomic E-state index is -0.271. The number of carbonyl (C=O) groups excluding carboxylic acids is 2. The summed E-state index contributed by atoms with van der Waals surface area (Å²) in [5.74, 6) is -0.398. The number of amides is 2. The Morgan fingerprint density at radius 3 is 2.41 bits per heavy atom. The SMILES string of the molecule is CN(C)C(=O)CN(C)C(=O)c1ccc(Br)cn1. The Balaban J connectivity index is 2.70. The molecule has 92 valence electrons. The zero-order valence-corrected chi connectivity index (χ0v) is 11.6. The zero-order valence-electron chi connectivity index (χ0n) is 9.98. The van der Waals surface area contributed by atoms with Crippen molar-refractivity contribution >= 4 is 27.7 Å². The molecule has 2 amide bonds. The van der Waals surface area contributed by atoms with Crippen LogP contribution >= 0.6 is 15.9 Å². The molecular formula is C11H14BrN3O2. The summed E-state index contributed by atoms with van der Waals surface area (Å²) in [5.41, 5.74) is 0.322. The van der Waals surface area contributed by atoms with Gasteiger partial charge in [0.1, 0.15) is 5.69 Å². The van der Waals surface area contributed by atoms with Crippen LogP contribution in [0.25, 0.3) is 0 Å². The Kier molecular flexibility index (Phi) is 4.62. The van der Waals surface area contributed by atoms with E-state index in [1.807, 2.05) is 0 Å². The highest BCUT2D eigenvalue weighted by atomic mass is 79.9. The fourth-order valence-corrected chi connectivity index (χ4v) is 1.35. The monoisotopic (exact) mass is 299 g/mol. The molecule has 0 fully saturated rings. The van der Waals surface area contributed by atoms with Crippen LogP contribution in [0, 0.1) is 0 Å². The maximum Gasteiger partial charge on any atom is 0.272 e. The van der Waals surface area contributed by atoms with E-state index >= 15 is 0 Å². The van der Waals surface area contributed by atoms with Crippen LogP contribution < -0.4 is 0 Å². The lowest BCUT2D eigenvalue weighted by Crippen LogP contribution is -2.38. The summed E-state index contributed by atoms with van der Waals surface area (Å²) in [6, 6.07) is 3.35. The first-order chi connectivity index (χ1) is 7.91. The molecule has 0 spiro atoms. The Bertz CT molecular complexity index is 417. The molecule has 0 saturated heterocycles. The maximum absolute atomic E-state index is 11.9. The van der Waals surface area contributed by atoms with E-state index in [1.54, 1.807) is 39.5 Å². The number of carbonyl (C=O) groups is 2. The maximum atomic E-state index is 11.9. The Morgan fingerprint density at radius 1 is 1.29 bits per heavy atom. The first-order valence-corrected chi connectivity index (χ1v) is 5.78. The summed E-state index contributed by atoms with van der Waals surface area (Å²) in [4.78, 5) is 30.1. The summed E-state index contributed by atoms with van der Waals surface area (Å²) in [6.45, 7) is 0.0452. The summed E-state index contributed by atoms with van der Waals surface area (Å²) in [6.07, 6.45) is 1.55. The molecule has 0 aliphatic carbocycles. The molecule has 1 aromatic rings. The quantitative estimate of drug-likeness (QED) is 0.837. The number of aromatic nitrogens is 1. The van der Waals surface area contributed by atoms with Crippen molar-refractivity contribution in [2.75, 3.05) is 27.7 Å². The van der Waals surface area contributed by atoms with E-state index in [0.29, 0.717) is 5.69 Å². The summed E-state index contributed by atoms with van der Waals surface area (Å²) in [7, 11) is 4.88. The molecule has 0 aromatic carbocycles. The average Bonchev–Trinajstić information content (AvgIpc) is 2.28. The van der Waals surface area contributed by atoms with Crippen molar-refractivity contribution in [1.29, 1.82) is 0 Å². The molecule has 5 nitrogen and oxygen atoms in total. The largest absolute Gasteiger partial charge is 0.347 e. The van der Waals surface area contributed by atoms with E-state index < -0.39 is 0 Å². The summed E-state index contributed by atoms with van der Waals surface area (Å²) in [5, 5.41) is 0. The Hall–Kier alpha value is -1.43. The average molecular weight is 300 g/mol. The normalized spacial score (nSPS) is 9.88. The van der Waals surface area contributed by atoms with Crippen molar-refractivity contribution in [3.8, 4) is 0 Å². The van der Waals surface area contributed by atoms with Gasteiger partial charge in [-0.1, -0.05) is 0 Å². The third-order valence-corrected chi connectivity index (χ3v) is 2.63. The summed E-state index contributed by atoms with van der Waals surface area (Å²) < 4.78 is 0.807. The molecule has 6 heteroatoms. The number of pyridine rings is 1. The number of halogens is 1. The molecule has 0 aliphatic heterocycles. The molecule has 17 heavy (non-hydrogen) atoms. The van der Waals surface area contributed by atoms with Crippen LogP contribution in [0.4, 0.5) is 0 Å². The van der Waals surface area contributed by atoms with Gasteiger partial charge in [-0.25, -0.2) is 4.98 Å². The fourth-order valence-electron chi connectivity index (χ4n) is 1.11. The van der Waals surface area contributed by atoms with Crippen LogP contribution in [0.15, 0.2) is 22.8 Å². The van der Waals surface area contributed by atoms with E-state index in [0.717, 1.165) is 4.47 Å². The minimum Gasteiger partial charge on any atom is -0.347 e. The predicted octanol–water partition coefficient (Wildman–Crippen LogP) is 1.00. The first-order valence-electron chi connectivity index (χ1n) is 4.99. The van der Waals surface area contributed by atoms with E-state index in [4.69, 9.17) is 0 Å². The van der Waals surface area contributed by atoms with Gasteiger partial charge in [0.25, 0.3) is 5.91 Å². The predicted molar refractivity (Wildman–Crippen MR) is 67.6 cm³/mol. The molecule has 1 rings (SSSR count). The van der Waals surface area contributed by atoms with E-state index in [9.17, 15) is 9.59 Å². The molecule has 0 aliphatic rings. The Morgan fingerprint density at radius 2 is 1.94 bits per heavy atom. The van der Waals surface area contributed by atoms with Crippen LogP contribution in [0.5, 0.6) is 0 Å². The van der Waals surface area contributed by atoms with Gasteiger partial charge in [0.05, 0.1) is 6.54 Å². The van der Waals surface area contributed by atoms with Crippen LogP contribution in [-0.4, -0.2) is 54.3 Å². The molecule has 1 aromatic heterocycles. The lowest BCUT2D eigenvalue weighted by molar-refractivity contribution is -0.129. The van der Waals surface area contributed by atoms with E-state index in [2.05, 4.69) is 20.9 Å². The number of hydrogen-bond donors (Lipinski definition) is 0. The van der Waals surface area contributed by atoms with Gasteiger partial charge in [-0.3, -0.25) is 9.59 Å². The molecular weight excluding hydrogens is 286 g/mol. The van der Waals surface area contributed by atoms with Crippen LogP contribution in [0.2, 0.25) is 0 Å².